The monoisotopic (exact) mass is 460 g/mol. The van der Waals surface area contributed by atoms with Crippen LogP contribution >= 0.6 is 0 Å². The van der Waals surface area contributed by atoms with Gasteiger partial charge in [0.15, 0.2) is 17.1 Å². The van der Waals surface area contributed by atoms with Crippen LogP contribution < -0.4 is 5.43 Å². The Labute approximate surface area is 185 Å². The molecule has 6 N–H and O–H groups in total. The van der Waals surface area contributed by atoms with Crippen molar-refractivity contribution >= 4 is 16.9 Å². The maximum Gasteiger partial charge on any atom is 0.337 e. The third-order valence-electron chi connectivity index (χ3n) is 5.48. The first-order valence-corrected chi connectivity index (χ1v) is 9.73. The highest BCUT2D eigenvalue weighted by molar-refractivity contribution is 5.89. The molecule has 0 amide bonds. The molecule has 1 aliphatic heterocycles. The van der Waals surface area contributed by atoms with Crippen LogP contribution in [0.5, 0.6) is 17.2 Å². The van der Waals surface area contributed by atoms with Crippen molar-refractivity contribution in [1.82, 2.24) is 0 Å². The summed E-state index contributed by atoms with van der Waals surface area (Å²) >= 11 is 0. The summed E-state index contributed by atoms with van der Waals surface area (Å²) in [5, 5.41) is 61.0. The van der Waals surface area contributed by atoms with E-state index in [1.807, 2.05) is 0 Å². The number of phenolic OH excluding ortho intramolecular Hbond substituents is 3. The van der Waals surface area contributed by atoms with Gasteiger partial charge >= 0.3 is 5.97 Å². The Balaban J connectivity index is 1.95. The Hall–Kier alpha value is -3.64. The molecule has 2 heterocycles. The molecule has 33 heavy (non-hydrogen) atoms. The molecule has 1 aromatic heterocycles. The number of esters is 1. The average molecular weight is 460 g/mol. The van der Waals surface area contributed by atoms with Crippen molar-refractivity contribution in [2.45, 2.75) is 30.5 Å². The number of carbonyl (C=O) groups is 1. The number of aliphatic hydroxyl groups is 3. The van der Waals surface area contributed by atoms with Crippen molar-refractivity contribution in [3.8, 4) is 28.6 Å². The first-order valence-electron chi connectivity index (χ1n) is 9.73. The Morgan fingerprint density at radius 2 is 1.61 bits per heavy atom. The molecule has 4 rings (SSSR count). The van der Waals surface area contributed by atoms with Crippen molar-refractivity contribution < 1.29 is 49.3 Å². The van der Waals surface area contributed by atoms with Gasteiger partial charge in [0.2, 0.25) is 0 Å². The SMILES string of the molecule is COC(=O)C1OC(c2c(O)cc(O)c3c(=O)cc(-c4ccc(O)cc4)oc23)C(O)C(O)C1O. The number of carbonyl (C=O) groups excluding carboxylic acids is 1. The maximum absolute atomic E-state index is 12.8. The number of rotatable bonds is 3. The second-order valence-electron chi connectivity index (χ2n) is 7.53. The van der Waals surface area contributed by atoms with Crippen LogP contribution in [0.1, 0.15) is 11.7 Å². The first kappa shape index (κ1) is 22.6. The molecule has 174 valence electrons. The fourth-order valence-corrected chi connectivity index (χ4v) is 3.79. The zero-order chi connectivity index (χ0) is 24.0. The molecule has 0 saturated carbocycles. The fourth-order valence-electron chi connectivity index (χ4n) is 3.79. The van der Waals surface area contributed by atoms with Gasteiger partial charge in [-0.1, -0.05) is 0 Å². The van der Waals surface area contributed by atoms with E-state index in [2.05, 4.69) is 4.74 Å². The molecule has 0 aliphatic carbocycles. The molecule has 11 nitrogen and oxygen atoms in total. The van der Waals surface area contributed by atoms with Gasteiger partial charge < -0.3 is 44.5 Å². The lowest BCUT2D eigenvalue weighted by atomic mass is 9.89. The third kappa shape index (κ3) is 3.76. The minimum atomic E-state index is -1.89. The van der Waals surface area contributed by atoms with E-state index < -0.39 is 53.4 Å². The van der Waals surface area contributed by atoms with Gasteiger partial charge in [-0.3, -0.25) is 4.79 Å². The number of methoxy groups -OCH3 is 1. The quantitative estimate of drug-likeness (QED) is 0.295. The lowest BCUT2D eigenvalue weighted by molar-refractivity contribution is -0.231. The zero-order valence-corrected chi connectivity index (χ0v) is 17.1. The Morgan fingerprint density at radius 3 is 2.24 bits per heavy atom. The van der Waals surface area contributed by atoms with Gasteiger partial charge in [0.05, 0.1) is 12.7 Å². The molecule has 1 saturated heterocycles. The highest BCUT2D eigenvalue weighted by Crippen LogP contribution is 2.43. The summed E-state index contributed by atoms with van der Waals surface area (Å²) < 4.78 is 15.8. The second kappa shape index (κ2) is 8.37. The molecule has 3 aromatic rings. The van der Waals surface area contributed by atoms with E-state index in [9.17, 15) is 40.2 Å². The Bertz CT molecular complexity index is 1260. The number of phenols is 3. The van der Waals surface area contributed by atoms with Crippen molar-refractivity contribution in [2.75, 3.05) is 7.11 Å². The van der Waals surface area contributed by atoms with Crippen LogP contribution in [-0.4, -0.2) is 68.1 Å². The zero-order valence-electron chi connectivity index (χ0n) is 17.1. The van der Waals surface area contributed by atoms with E-state index in [1.165, 1.54) is 24.3 Å². The summed E-state index contributed by atoms with van der Waals surface area (Å²) in [7, 11) is 1.03. The van der Waals surface area contributed by atoms with Crippen LogP contribution in [0.3, 0.4) is 0 Å². The highest BCUT2D eigenvalue weighted by atomic mass is 16.6. The Morgan fingerprint density at radius 1 is 0.939 bits per heavy atom. The number of aromatic hydroxyl groups is 3. The molecule has 1 aliphatic rings. The van der Waals surface area contributed by atoms with Gasteiger partial charge in [0.1, 0.15) is 52.8 Å². The van der Waals surface area contributed by atoms with Gasteiger partial charge in [-0.2, -0.15) is 0 Å². The lowest BCUT2D eigenvalue weighted by Crippen LogP contribution is -2.56. The minimum Gasteiger partial charge on any atom is -0.508 e. The van der Waals surface area contributed by atoms with E-state index in [0.29, 0.717) is 5.56 Å². The molecule has 11 heteroatoms. The van der Waals surface area contributed by atoms with Crippen molar-refractivity contribution in [1.29, 1.82) is 0 Å². The van der Waals surface area contributed by atoms with Gasteiger partial charge in [0, 0.05) is 17.7 Å². The molecule has 2 aromatic carbocycles. The van der Waals surface area contributed by atoms with E-state index in [1.54, 1.807) is 0 Å². The van der Waals surface area contributed by atoms with Crippen LogP contribution in [0.4, 0.5) is 0 Å². The summed E-state index contributed by atoms with van der Waals surface area (Å²) in [6, 6.07) is 7.54. The molecule has 5 unspecified atom stereocenters. The van der Waals surface area contributed by atoms with Crippen molar-refractivity contribution in [3.63, 3.8) is 0 Å². The van der Waals surface area contributed by atoms with Gasteiger partial charge in [-0.25, -0.2) is 4.79 Å². The summed E-state index contributed by atoms with van der Waals surface area (Å²) in [5.41, 5.74) is -1.05. The van der Waals surface area contributed by atoms with E-state index in [0.717, 1.165) is 19.2 Å². The van der Waals surface area contributed by atoms with Gasteiger partial charge in [0.25, 0.3) is 0 Å². The number of ether oxygens (including phenoxy) is 2. The average Bonchev–Trinajstić information content (AvgIpc) is 2.78. The fraction of sp³-hybridized carbons (Fsp3) is 0.273. The molecule has 0 bridgehead atoms. The van der Waals surface area contributed by atoms with E-state index >= 15 is 0 Å². The predicted molar refractivity (Wildman–Crippen MR) is 111 cm³/mol. The minimum absolute atomic E-state index is 0.00542. The predicted octanol–water partition coefficient (Wildman–Crippen LogP) is 0.272. The molecule has 1 fully saturated rings. The van der Waals surface area contributed by atoms with E-state index in [4.69, 9.17) is 9.15 Å². The molecular formula is C22H20O11. The Kier molecular flexibility index (Phi) is 5.72. The summed E-state index contributed by atoms with van der Waals surface area (Å²) in [6.07, 6.45) is -8.97. The number of benzene rings is 2. The number of hydrogen-bond donors (Lipinski definition) is 6. The number of aliphatic hydroxyl groups excluding tert-OH is 3. The van der Waals surface area contributed by atoms with Gasteiger partial charge in [-0.05, 0) is 24.3 Å². The second-order valence-corrected chi connectivity index (χ2v) is 7.53. The summed E-state index contributed by atoms with van der Waals surface area (Å²) in [6.45, 7) is 0. The first-order chi connectivity index (χ1) is 15.6. The largest absolute Gasteiger partial charge is 0.508 e. The van der Waals surface area contributed by atoms with Gasteiger partial charge in [-0.15, -0.1) is 0 Å². The molecule has 5 atom stereocenters. The van der Waals surface area contributed by atoms with Crippen LogP contribution in [0, 0.1) is 0 Å². The van der Waals surface area contributed by atoms with Crippen LogP contribution in [0.2, 0.25) is 0 Å². The van der Waals surface area contributed by atoms with Crippen LogP contribution in [0.25, 0.3) is 22.3 Å². The third-order valence-corrected chi connectivity index (χ3v) is 5.48. The maximum atomic E-state index is 12.8. The molecular weight excluding hydrogens is 440 g/mol. The highest BCUT2D eigenvalue weighted by Gasteiger charge is 2.49. The van der Waals surface area contributed by atoms with Crippen LogP contribution in [-0.2, 0) is 14.3 Å². The van der Waals surface area contributed by atoms with E-state index in [-0.39, 0.29) is 28.0 Å². The summed E-state index contributed by atoms with van der Waals surface area (Å²) in [4.78, 5) is 24.8. The summed E-state index contributed by atoms with van der Waals surface area (Å²) in [5.74, 6) is -2.37. The normalized spacial score (nSPS) is 25.2. The van der Waals surface area contributed by atoms with Crippen molar-refractivity contribution in [3.05, 3.63) is 52.2 Å². The smallest absolute Gasteiger partial charge is 0.337 e. The van der Waals surface area contributed by atoms with Crippen molar-refractivity contribution in [2.24, 2.45) is 0 Å². The number of fused-ring (bicyclic) bond motifs is 1. The van der Waals surface area contributed by atoms with Crippen LogP contribution in [0.15, 0.2) is 45.6 Å². The molecule has 0 spiro atoms. The lowest BCUT2D eigenvalue weighted by Gasteiger charge is -2.39. The number of hydrogen-bond acceptors (Lipinski definition) is 11. The topological polar surface area (TPSA) is 187 Å². The standard InChI is InChI=1S/C22H20O11/c1-31-22(30)21-18(29)16(27)17(28)20(33-21)15-11(25)6-10(24)14-12(26)7-13(32-19(14)15)8-2-4-9(23)5-3-8/h2-7,16-18,20-21,23-25,27-29H,1H3. The molecule has 0 radical (unpaired) electrons.